The van der Waals surface area contributed by atoms with E-state index in [-0.39, 0.29) is 28.6 Å². The Morgan fingerprint density at radius 1 is 1.59 bits per heavy atom. The van der Waals surface area contributed by atoms with Crippen LogP contribution < -0.4 is 10.6 Å². The first-order valence-electron chi connectivity index (χ1n) is 5.60. The largest absolute Gasteiger partial charge is 0.506 e. The van der Waals surface area contributed by atoms with E-state index in [0.717, 1.165) is 13.0 Å². The number of halogens is 1. The standard InChI is InChI=1S/C12H15ClN2O2/c1-7-9(4-5-14-7)12(17)15-8-2-3-11(16)10(13)6-8/h2-3,6-7,9,14,16H,4-5H2,1H3,(H,15,17). The van der Waals surface area contributed by atoms with E-state index in [9.17, 15) is 9.90 Å². The molecule has 1 amide bonds. The molecule has 17 heavy (non-hydrogen) atoms. The zero-order valence-corrected chi connectivity index (χ0v) is 10.3. The molecule has 3 N–H and O–H groups in total. The number of phenols is 1. The van der Waals surface area contributed by atoms with E-state index < -0.39 is 0 Å². The minimum atomic E-state index is -0.0115. The predicted molar refractivity (Wildman–Crippen MR) is 67.3 cm³/mol. The van der Waals surface area contributed by atoms with E-state index in [0.29, 0.717) is 5.69 Å². The summed E-state index contributed by atoms with van der Waals surface area (Å²) in [6, 6.07) is 4.84. The van der Waals surface area contributed by atoms with Crippen molar-refractivity contribution in [2.45, 2.75) is 19.4 Å². The van der Waals surface area contributed by atoms with Crippen LogP contribution in [0.2, 0.25) is 5.02 Å². The Kier molecular flexibility index (Phi) is 3.54. The number of anilines is 1. The molecule has 2 unspecified atom stereocenters. The number of aromatic hydroxyl groups is 1. The third-order valence-electron chi connectivity index (χ3n) is 3.08. The molecule has 5 heteroatoms. The fraction of sp³-hybridized carbons (Fsp3) is 0.417. The zero-order chi connectivity index (χ0) is 12.4. The number of benzene rings is 1. The van der Waals surface area contributed by atoms with Crippen molar-refractivity contribution in [3.63, 3.8) is 0 Å². The lowest BCUT2D eigenvalue weighted by Gasteiger charge is -2.15. The van der Waals surface area contributed by atoms with E-state index in [1.165, 1.54) is 6.07 Å². The average molecular weight is 255 g/mol. The van der Waals surface area contributed by atoms with Gasteiger partial charge in [0.25, 0.3) is 0 Å². The smallest absolute Gasteiger partial charge is 0.229 e. The second-order valence-electron chi connectivity index (χ2n) is 4.29. The van der Waals surface area contributed by atoms with Gasteiger partial charge in [0.2, 0.25) is 5.91 Å². The molecule has 0 aliphatic carbocycles. The molecule has 1 aliphatic rings. The summed E-state index contributed by atoms with van der Waals surface area (Å²) >= 11 is 5.77. The highest BCUT2D eigenvalue weighted by atomic mass is 35.5. The summed E-state index contributed by atoms with van der Waals surface area (Å²) in [6.07, 6.45) is 0.846. The number of carbonyl (C=O) groups is 1. The highest BCUT2D eigenvalue weighted by molar-refractivity contribution is 6.32. The summed E-state index contributed by atoms with van der Waals surface area (Å²) < 4.78 is 0. The molecule has 1 aromatic rings. The zero-order valence-electron chi connectivity index (χ0n) is 9.53. The van der Waals surface area contributed by atoms with Gasteiger partial charge in [-0.15, -0.1) is 0 Å². The van der Waals surface area contributed by atoms with Crippen LogP contribution in [0.5, 0.6) is 5.75 Å². The molecule has 4 nitrogen and oxygen atoms in total. The van der Waals surface area contributed by atoms with Crippen molar-refractivity contribution in [2.75, 3.05) is 11.9 Å². The van der Waals surface area contributed by atoms with Gasteiger partial charge in [-0.25, -0.2) is 0 Å². The van der Waals surface area contributed by atoms with Crippen LogP contribution in [0.25, 0.3) is 0 Å². The van der Waals surface area contributed by atoms with Crippen molar-refractivity contribution in [1.29, 1.82) is 0 Å². The van der Waals surface area contributed by atoms with Gasteiger partial charge in [-0.05, 0) is 38.1 Å². The molecule has 0 saturated carbocycles. The van der Waals surface area contributed by atoms with Crippen molar-refractivity contribution < 1.29 is 9.90 Å². The SMILES string of the molecule is CC1NCCC1C(=O)Nc1ccc(O)c(Cl)c1. The first-order chi connectivity index (χ1) is 8.08. The van der Waals surface area contributed by atoms with Gasteiger partial charge in [0.15, 0.2) is 0 Å². The molecule has 92 valence electrons. The molecule has 1 aliphatic heterocycles. The second kappa shape index (κ2) is 4.94. The number of hydrogen-bond acceptors (Lipinski definition) is 3. The summed E-state index contributed by atoms with van der Waals surface area (Å²) in [5.41, 5.74) is 0.608. The fourth-order valence-corrected chi connectivity index (χ4v) is 2.22. The van der Waals surface area contributed by atoms with Gasteiger partial charge in [0, 0.05) is 11.7 Å². The van der Waals surface area contributed by atoms with Crippen molar-refractivity contribution >= 4 is 23.2 Å². The minimum absolute atomic E-state index is 0.00995. The van der Waals surface area contributed by atoms with E-state index in [1.54, 1.807) is 12.1 Å². The van der Waals surface area contributed by atoms with Gasteiger partial charge >= 0.3 is 0 Å². The molecule has 1 fully saturated rings. The molecule has 1 aromatic carbocycles. The Morgan fingerprint density at radius 3 is 2.94 bits per heavy atom. The Bertz CT molecular complexity index is 437. The van der Waals surface area contributed by atoms with Crippen molar-refractivity contribution in [1.82, 2.24) is 5.32 Å². The van der Waals surface area contributed by atoms with Crippen LogP contribution in [0, 0.1) is 5.92 Å². The van der Waals surface area contributed by atoms with Crippen LogP contribution in [0.1, 0.15) is 13.3 Å². The van der Waals surface area contributed by atoms with Crippen LogP contribution >= 0.6 is 11.6 Å². The Morgan fingerprint density at radius 2 is 2.35 bits per heavy atom. The van der Waals surface area contributed by atoms with Gasteiger partial charge in [-0.2, -0.15) is 0 Å². The van der Waals surface area contributed by atoms with Gasteiger partial charge < -0.3 is 15.7 Å². The van der Waals surface area contributed by atoms with Gasteiger partial charge in [0.1, 0.15) is 5.75 Å². The maximum atomic E-state index is 12.0. The van der Waals surface area contributed by atoms with Crippen LogP contribution in [0.15, 0.2) is 18.2 Å². The fourth-order valence-electron chi connectivity index (χ4n) is 2.04. The van der Waals surface area contributed by atoms with E-state index in [4.69, 9.17) is 11.6 Å². The lowest BCUT2D eigenvalue weighted by Crippen LogP contribution is -2.32. The highest BCUT2D eigenvalue weighted by Crippen LogP contribution is 2.27. The molecule has 0 aromatic heterocycles. The van der Waals surface area contributed by atoms with E-state index in [1.807, 2.05) is 6.92 Å². The number of phenolic OH excluding ortho intramolecular Hbond substituents is 1. The Labute approximate surface area is 105 Å². The number of carbonyl (C=O) groups excluding carboxylic acids is 1. The highest BCUT2D eigenvalue weighted by Gasteiger charge is 2.29. The van der Waals surface area contributed by atoms with E-state index in [2.05, 4.69) is 10.6 Å². The Hall–Kier alpha value is -1.26. The van der Waals surface area contributed by atoms with E-state index >= 15 is 0 Å². The second-order valence-corrected chi connectivity index (χ2v) is 4.70. The minimum Gasteiger partial charge on any atom is -0.506 e. The van der Waals surface area contributed by atoms with Crippen molar-refractivity contribution in [3.8, 4) is 5.75 Å². The average Bonchev–Trinajstić information content (AvgIpc) is 2.70. The maximum Gasteiger partial charge on any atom is 0.229 e. The van der Waals surface area contributed by atoms with Crippen molar-refractivity contribution in [3.05, 3.63) is 23.2 Å². The van der Waals surface area contributed by atoms with Gasteiger partial charge in [-0.3, -0.25) is 4.79 Å². The first kappa shape index (κ1) is 12.2. The summed E-state index contributed by atoms with van der Waals surface area (Å²) in [5.74, 6) is -0.00704. The molecule has 0 spiro atoms. The van der Waals surface area contributed by atoms with Crippen molar-refractivity contribution in [2.24, 2.45) is 5.92 Å². The summed E-state index contributed by atoms with van der Waals surface area (Å²) in [4.78, 5) is 12.0. The first-order valence-corrected chi connectivity index (χ1v) is 5.98. The van der Waals surface area contributed by atoms with Gasteiger partial charge in [-0.1, -0.05) is 11.6 Å². The van der Waals surface area contributed by atoms with Crippen LogP contribution in [0.4, 0.5) is 5.69 Å². The summed E-state index contributed by atoms with van der Waals surface area (Å²) in [6.45, 7) is 2.87. The van der Waals surface area contributed by atoms with Gasteiger partial charge in [0.05, 0.1) is 10.9 Å². The third kappa shape index (κ3) is 2.70. The van der Waals surface area contributed by atoms with Crippen LogP contribution in [-0.4, -0.2) is 23.6 Å². The third-order valence-corrected chi connectivity index (χ3v) is 3.38. The predicted octanol–water partition coefficient (Wildman–Crippen LogP) is 1.98. The van der Waals surface area contributed by atoms with Crippen LogP contribution in [-0.2, 0) is 4.79 Å². The lowest BCUT2D eigenvalue weighted by molar-refractivity contribution is -0.120. The number of hydrogen-bond donors (Lipinski definition) is 3. The summed E-state index contributed by atoms with van der Waals surface area (Å²) in [7, 11) is 0. The molecular formula is C12H15ClN2O2. The number of nitrogens with one attached hydrogen (secondary N) is 2. The quantitative estimate of drug-likeness (QED) is 0.708. The molecular weight excluding hydrogens is 240 g/mol. The maximum absolute atomic E-state index is 12.0. The lowest BCUT2D eigenvalue weighted by atomic mass is 10.0. The molecule has 0 radical (unpaired) electrons. The molecule has 1 heterocycles. The number of rotatable bonds is 2. The molecule has 0 bridgehead atoms. The molecule has 2 rings (SSSR count). The Balaban J connectivity index is 2.05. The van der Waals surface area contributed by atoms with Crippen LogP contribution in [0.3, 0.4) is 0 Å². The number of amides is 1. The molecule has 1 saturated heterocycles. The summed E-state index contributed by atoms with van der Waals surface area (Å²) in [5, 5.41) is 15.6. The molecule has 2 atom stereocenters. The topological polar surface area (TPSA) is 61.4 Å². The monoisotopic (exact) mass is 254 g/mol. The normalized spacial score (nSPS) is 23.6.